The standard InChI is InChI=1S/C21H27N3O/c1-2-3-4-5-9-16-20(25)21(17-12-7-6-8-13-17)24-19-15-11-10-14-18(19)22-23-24/h6-8,10-15,20-21,25H,2-5,9,16H2,1H3. The van der Waals surface area contributed by atoms with E-state index in [0.717, 1.165) is 29.4 Å². The number of unbranched alkanes of at least 4 members (excludes halogenated alkanes) is 4. The quantitative estimate of drug-likeness (QED) is 0.574. The number of aromatic nitrogens is 3. The molecule has 0 amide bonds. The van der Waals surface area contributed by atoms with Crippen LogP contribution < -0.4 is 0 Å². The van der Waals surface area contributed by atoms with E-state index in [1.54, 1.807) is 0 Å². The van der Waals surface area contributed by atoms with Gasteiger partial charge in [0.05, 0.1) is 11.6 Å². The largest absolute Gasteiger partial charge is 0.391 e. The van der Waals surface area contributed by atoms with Crippen molar-refractivity contribution in [2.45, 2.75) is 57.6 Å². The molecule has 3 aromatic rings. The fourth-order valence-corrected chi connectivity index (χ4v) is 3.38. The predicted molar refractivity (Wildman–Crippen MR) is 101 cm³/mol. The number of fused-ring (bicyclic) bond motifs is 1. The minimum atomic E-state index is -0.478. The number of aliphatic hydroxyl groups is 1. The first-order valence-electron chi connectivity index (χ1n) is 9.34. The first-order valence-corrected chi connectivity index (χ1v) is 9.34. The van der Waals surface area contributed by atoms with Crippen LogP contribution in [-0.2, 0) is 0 Å². The highest BCUT2D eigenvalue weighted by atomic mass is 16.3. The first kappa shape index (κ1) is 17.6. The highest BCUT2D eigenvalue weighted by molar-refractivity contribution is 5.74. The maximum atomic E-state index is 11.0. The first-order chi connectivity index (χ1) is 12.3. The highest BCUT2D eigenvalue weighted by Gasteiger charge is 2.25. The lowest BCUT2D eigenvalue weighted by molar-refractivity contribution is 0.113. The summed E-state index contributed by atoms with van der Waals surface area (Å²) in [6.45, 7) is 2.22. The van der Waals surface area contributed by atoms with Crippen molar-refractivity contribution in [1.82, 2.24) is 15.0 Å². The van der Waals surface area contributed by atoms with E-state index in [-0.39, 0.29) is 6.04 Å². The molecule has 4 nitrogen and oxygen atoms in total. The van der Waals surface area contributed by atoms with E-state index in [9.17, 15) is 5.11 Å². The average Bonchev–Trinajstić information content (AvgIpc) is 3.07. The highest BCUT2D eigenvalue weighted by Crippen LogP contribution is 2.27. The Balaban J connectivity index is 1.83. The van der Waals surface area contributed by atoms with Gasteiger partial charge in [0.15, 0.2) is 0 Å². The molecule has 0 aliphatic carbocycles. The Kier molecular flexibility index (Phi) is 6.18. The number of aliphatic hydroxyl groups excluding tert-OH is 1. The SMILES string of the molecule is CCCCCCCC(O)C(c1ccccc1)n1nnc2ccccc21. The van der Waals surface area contributed by atoms with Gasteiger partial charge < -0.3 is 5.11 Å². The molecule has 0 fully saturated rings. The number of hydrogen-bond acceptors (Lipinski definition) is 3. The van der Waals surface area contributed by atoms with E-state index in [0.29, 0.717) is 0 Å². The van der Waals surface area contributed by atoms with E-state index < -0.39 is 6.10 Å². The lowest BCUT2D eigenvalue weighted by Crippen LogP contribution is -2.26. The van der Waals surface area contributed by atoms with E-state index in [1.807, 2.05) is 47.1 Å². The minimum Gasteiger partial charge on any atom is -0.391 e. The Bertz CT molecular complexity index is 769. The Morgan fingerprint density at radius 2 is 1.64 bits per heavy atom. The summed E-state index contributed by atoms with van der Waals surface area (Å²) >= 11 is 0. The summed E-state index contributed by atoms with van der Waals surface area (Å²) in [6, 6.07) is 17.8. The van der Waals surface area contributed by atoms with Gasteiger partial charge in [-0.2, -0.15) is 0 Å². The van der Waals surface area contributed by atoms with Crippen LogP contribution in [0.15, 0.2) is 54.6 Å². The zero-order valence-electron chi connectivity index (χ0n) is 14.9. The molecule has 0 saturated carbocycles. The molecule has 4 heteroatoms. The van der Waals surface area contributed by atoms with Crippen molar-refractivity contribution in [2.24, 2.45) is 0 Å². The molecular weight excluding hydrogens is 310 g/mol. The van der Waals surface area contributed by atoms with Gasteiger partial charge in [-0.15, -0.1) is 5.10 Å². The second-order valence-corrected chi connectivity index (χ2v) is 6.65. The number of benzene rings is 2. The van der Waals surface area contributed by atoms with Gasteiger partial charge in [-0.05, 0) is 24.1 Å². The van der Waals surface area contributed by atoms with E-state index >= 15 is 0 Å². The fraction of sp³-hybridized carbons (Fsp3) is 0.429. The molecule has 132 valence electrons. The third-order valence-electron chi connectivity index (χ3n) is 4.75. The van der Waals surface area contributed by atoms with Crippen LogP contribution in [-0.4, -0.2) is 26.2 Å². The van der Waals surface area contributed by atoms with Gasteiger partial charge in [0.1, 0.15) is 11.6 Å². The third-order valence-corrected chi connectivity index (χ3v) is 4.75. The van der Waals surface area contributed by atoms with Gasteiger partial charge in [0.2, 0.25) is 0 Å². The zero-order valence-corrected chi connectivity index (χ0v) is 14.9. The van der Waals surface area contributed by atoms with E-state index in [2.05, 4.69) is 29.4 Å². The Hall–Kier alpha value is -2.20. The maximum absolute atomic E-state index is 11.0. The molecule has 1 N–H and O–H groups in total. The molecule has 2 atom stereocenters. The fourth-order valence-electron chi connectivity index (χ4n) is 3.38. The van der Waals surface area contributed by atoms with Crippen LogP contribution in [0, 0.1) is 0 Å². The minimum absolute atomic E-state index is 0.209. The monoisotopic (exact) mass is 337 g/mol. The van der Waals surface area contributed by atoms with Crippen molar-refractivity contribution in [1.29, 1.82) is 0 Å². The summed E-state index contributed by atoms with van der Waals surface area (Å²) in [5.74, 6) is 0. The van der Waals surface area contributed by atoms with Crippen molar-refractivity contribution in [3.8, 4) is 0 Å². The number of rotatable bonds is 9. The lowest BCUT2D eigenvalue weighted by Gasteiger charge is -2.24. The smallest absolute Gasteiger partial charge is 0.113 e. The summed E-state index contributed by atoms with van der Waals surface area (Å²) in [4.78, 5) is 0. The molecule has 0 radical (unpaired) electrons. The number of para-hydroxylation sites is 1. The Morgan fingerprint density at radius 3 is 2.44 bits per heavy atom. The van der Waals surface area contributed by atoms with Crippen molar-refractivity contribution in [3.63, 3.8) is 0 Å². The molecule has 0 bridgehead atoms. The normalized spacial score (nSPS) is 13.8. The molecule has 0 aliphatic heterocycles. The van der Waals surface area contributed by atoms with Crippen LogP contribution in [0.5, 0.6) is 0 Å². The molecule has 2 unspecified atom stereocenters. The summed E-state index contributed by atoms with van der Waals surface area (Å²) in [5.41, 5.74) is 2.89. The van der Waals surface area contributed by atoms with E-state index in [4.69, 9.17) is 0 Å². The number of hydrogen-bond donors (Lipinski definition) is 1. The van der Waals surface area contributed by atoms with Gasteiger partial charge >= 0.3 is 0 Å². The molecule has 1 aromatic heterocycles. The van der Waals surface area contributed by atoms with Crippen LogP contribution >= 0.6 is 0 Å². The molecule has 25 heavy (non-hydrogen) atoms. The lowest BCUT2D eigenvalue weighted by atomic mass is 9.96. The summed E-state index contributed by atoms with van der Waals surface area (Å²) in [5, 5.41) is 19.6. The molecule has 0 saturated heterocycles. The van der Waals surface area contributed by atoms with Gasteiger partial charge in [-0.25, -0.2) is 4.68 Å². The predicted octanol–water partition coefficient (Wildman–Crippen LogP) is 4.74. The average molecular weight is 337 g/mol. The molecule has 0 aliphatic rings. The van der Waals surface area contributed by atoms with Crippen LogP contribution in [0.4, 0.5) is 0 Å². The second kappa shape index (κ2) is 8.77. The summed E-state index contributed by atoms with van der Waals surface area (Å²) < 4.78 is 1.88. The Labute approximate surface area is 149 Å². The molecule has 3 rings (SSSR count). The molecule has 1 heterocycles. The molecule has 2 aromatic carbocycles. The van der Waals surface area contributed by atoms with Crippen molar-refractivity contribution in [3.05, 3.63) is 60.2 Å². The van der Waals surface area contributed by atoms with E-state index in [1.165, 1.54) is 25.7 Å². The Morgan fingerprint density at radius 1 is 0.920 bits per heavy atom. The third kappa shape index (κ3) is 4.26. The summed E-state index contributed by atoms with van der Waals surface area (Å²) in [7, 11) is 0. The van der Waals surface area contributed by atoms with Crippen molar-refractivity contribution >= 4 is 11.0 Å². The van der Waals surface area contributed by atoms with Crippen LogP contribution in [0.3, 0.4) is 0 Å². The van der Waals surface area contributed by atoms with Crippen molar-refractivity contribution < 1.29 is 5.11 Å². The molecular formula is C21H27N3O. The maximum Gasteiger partial charge on any atom is 0.113 e. The topological polar surface area (TPSA) is 50.9 Å². The van der Waals surface area contributed by atoms with Gasteiger partial charge in [0.25, 0.3) is 0 Å². The molecule has 0 spiro atoms. The second-order valence-electron chi connectivity index (χ2n) is 6.65. The van der Waals surface area contributed by atoms with Gasteiger partial charge in [-0.3, -0.25) is 0 Å². The van der Waals surface area contributed by atoms with Crippen LogP contribution in [0.25, 0.3) is 11.0 Å². The van der Waals surface area contributed by atoms with Crippen LogP contribution in [0.2, 0.25) is 0 Å². The zero-order chi connectivity index (χ0) is 17.5. The van der Waals surface area contributed by atoms with Crippen molar-refractivity contribution in [2.75, 3.05) is 0 Å². The number of nitrogens with zero attached hydrogens (tertiary/aromatic N) is 3. The van der Waals surface area contributed by atoms with Gasteiger partial charge in [-0.1, -0.05) is 86.7 Å². The van der Waals surface area contributed by atoms with Crippen LogP contribution in [0.1, 0.15) is 57.1 Å². The summed E-state index contributed by atoms with van der Waals surface area (Å²) in [6.07, 6.45) is 6.26. The van der Waals surface area contributed by atoms with Gasteiger partial charge in [0, 0.05) is 0 Å².